The van der Waals surface area contributed by atoms with Crippen LogP contribution in [0.15, 0.2) is 42.7 Å². The minimum absolute atomic E-state index is 0.0685. The number of aliphatic hydroxyl groups excluding tert-OH is 1. The van der Waals surface area contributed by atoms with E-state index in [9.17, 15) is 9.90 Å². The van der Waals surface area contributed by atoms with Crippen LogP contribution in [-0.4, -0.2) is 47.8 Å². The maximum Gasteiger partial charge on any atom is 0.273 e. The standard InChI is InChI=1S/C31H39N3O4S/c1-20-16-24(10-13-27(20)37-2)22-6-4-21(5-7-22)19-34(30(36)23-8-11-26(35)12-9-23)29-17-25(14-15-32-29)28-18-33-31(38-3)39-28/h10,13-18,21-23,26,35H,4-9,11-12,19H2,1-3H3/t21-,22-,23-,26-. The van der Waals surface area contributed by atoms with Crippen LogP contribution < -0.4 is 14.4 Å². The molecule has 2 saturated carbocycles. The van der Waals surface area contributed by atoms with Crippen LogP contribution in [0.3, 0.4) is 0 Å². The van der Waals surface area contributed by atoms with Crippen LogP contribution in [0.4, 0.5) is 5.82 Å². The molecule has 1 amide bonds. The molecule has 0 saturated heterocycles. The van der Waals surface area contributed by atoms with Crippen LogP contribution in [0.5, 0.6) is 10.9 Å². The van der Waals surface area contributed by atoms with Gasteiger partial charge in [-0.25, -0.2) is 9.97 Å². The second kappa shape index (κ2) is 12.5. The Labute approximate surface area is 235 Å². The molecule has 39 heavy (non-hydrogen) atoms. The third-order valence-corrected chi connectivity index (χ3v) is 9.46. The molecule has 1 aromatic carbocycles. The molecule has 0 spiro atoms. The molecule has 0 unspecified atom stereocenters. The van der Waals surface area contributed by atoms with Crippen molar-refractivity contribution in [3.05, 3.63) is 53.9 Å². The molecule has 7 nitrogen and oxygen atoms in total. The van der Waals surface area contributed by atoms with E-state index in [1.807, 2.05) is 17.0 Å². The van der Waals surface area contributed by atoms with E-state index in [2.05, 4.69) is 35.1 Å². The number of methoxy groups -OCH3 is 2. The van der Waals surface area contributed by atoms with Crippen LogP contribution >= 0.6 is 11.3 Å². The van der Waals surface area contributed by atoms with Crippen molar-refractivity contribution in [1.82, 2.24) is 9.97 Å². The van der Waals surface area contributed by atoms with E-state index in [0.29, 0.717) is 42.2 Å². The van der Waals surface area contributed by atoms with Gasteiger partial charge in [-0.3, -0.25) is 9.69 Å². The lowest BCUT2D eigenvalue weighted by Crippen LogP contribution is -2.42. The SMILES string of the molecule is COc1ncc(-c2ccnc(N(C[C@H]3CC[C@H](c4ccc(OC)c(C)c4)CC3)C(=O)[C@H]3CC[C@H](O)CC3)c2)s1. The first-order valence-electron chi connectivity index (χ1n) is 14.1. The number of thiazole rings is 1. The second-order valence-electron chi connectivity index (χ2n) is 11.0. The predicted octanol–water partition coefficient (Wildman–Crippen LogP) is 6.39. The third-order valence-electron chi connectivity index (χ3n) is 8.46. The lowest BCUT2D eigenvalue weighted by molar-refractivity contribution is -0.124. The highest BCUT2D eigenvalue weighted by Crippen LogP contribution is 2.39. The van der Waals surface area contributed by atoms with Crippen molar-refractivity contribution in [3.8, 4) is 21.4 Å². The Balaban J connectivity index is 1.33. The third kappa shape index (κ3) is 6.44. The van der Waals surface area contributed by atoms with Gasteiger partial charge in [0.05, 0.1) is 25.2 Å². The second-order valence-corrected chi connectivity index (χ2v) is 12.0. The number of aryl methyl sites for hydroxylation is 1. The number of ether oxygens (including phenoxy) is 2. The molecule has 3 aromatic rings. The fraction of sp³-hybridized carbons (Fsp3) is 0.516. The van der Waals surface area contributed by atoms with E-state index in [4.69, 9.17) is 9.47 Å². The Morgan fingerprint density at radius 3 is 2.44 bits per heavy atom. The Bertz CT molecular complexity index is 1260. The van der Waals surface area contributed by atoms with Gasteiger partial charge in [-0.15, -0.1) is 0 Å². The van der Waals surface area contributed by atoms with Gasteiger partial charge in [-0.05, 0) is 105 Å². The van der Waals surface area contributed by atoms with Crippen LogP contribution in [0.1, 0.15) is 68.4 Å². The monoisotopic (exact) mass is 549 g/mol. The molecule has 2 aliphatic rings. The summed E-state index contributed by atoms with van der Waals surface area (Å²) in [5.74, 6) is 2.67. The number of aromatic nitrogens is 2. The number of hydrogen-bond acceptors (Lipinski definition) is 7. The van der Waals surface area contributed by atoms with E-state index in [1.165, 1.54) is 22.5 Å². The molecule has 0 atom stereocenters. The zero-order valence-electron chi connectivity index (χ0n) is 23.1. The molecular formula is C31H39N3O4S. The molecule has 5 rings (SSSR count). The summed E-state index contributed by atoms with van der Waals surface area (Å²) in [6, 6.07) is 10.5. The van der Waals surface area contributed by atoms with Gasteiger partial charge in [0.1, 0.15) is 11.6 Å². The molecule has 0 bridgehead atoms. The summed E-state index contributed by atoms with van der Waals surface area (Å²) in [6.45, 7) is 2.78. The van der Waals surface area contributed by atoms with Gasteiger partial charge >= 0.3 is 0 Å². The van der Waals surface area contributed by atoms with E-state index < -0.39 is 0 Å². The summed E-state index contributed by atoms with van der Waals surface area (Å²) >= 11 is 1.48. The first-order valence-corrected chi connectivity index (χ1v) is 14.9. The Hall–Kier alpha value is -2.97. The van der Waals surface area contributed by atoms with Crippen molar-refractivity contribution in [2.45, 2.75) is 70.3 Å². The molecular weight excluding hydrogens is 510 g/mol. The quantitative estimate of drug-likeness (QED) is 0.351. The molecule has 0 aliphatic heterocycles. The largest absolute Gasteiger partial charge is 0.496 e. The van der Waals surface area contributed by atoms with E-state index in [0.717, 1.165) is 54.7 Å². The van der Waals surface area contributed by atoms with E-state index >= 15 is 0 Å². The van der Waals surface area contributed by atoms with Crippen molar-refractivity contribution < 1.29 is 19.4 Å². The average molecular weight is 550 g/mol. The molecule has 8 heteroatoms. The number of amides is 1. The Morgan fingerprint density at radius 1 is 1.00 bits per heavy atom. The van der Waals surface area contributed by atoms with Gasteiger partial charge in [0.25, 0.3) is 5.19 Å². The summed E-state index contributed by atoms with van der Waals surface area (Å²) in [7, 11) is 3.33. The highest BCUT2D eigenvalue weighted by molar-refractivity contribution is 7.16. The summed E-state index contributed by atoms with van der Waals surface area (Å²) < 4.78 is 10.7. The highest BCUT2D eigenvalue weighted by Gasteiger charge is 2.33. The summed E-state index contributed by atoms with van der Waals surface area (Å²) in [6.07, 6.45) is 10.5. The minimum Gasteiger partial charge on any atom is -0.496 e. The van der Waals surface area contributed by atoms with Gasteiger partial charge in [-0.2, -0.15) is 0 Å². The molecule has 1 N–H and O–H groups in total. The molecule has 2 aromatic heterocycles. The van der Waals surface area contributed by atoms with Crippen molar-refractivity contribution in [2.75, 3.05) is 25.7 Å². The molecule has 2 fully saturated rings. The first kappa shape index (κ1) is 27.6. The van der Waals surface area contributed by atoms with Crippen molar-refractivity contribution in [3.63, 3.8) is 0 Å². The fourth-order valence-corrected chi connectivity index (χ4v) is 6.86. The van der Waals surface area contributed by atoms with Crippen LogP contribution in [0.2, 0.25) is 0 Å². The van der Waals surface area contributed by atoms with Crippen LogP contribution in [0.25, 0.3) is 10.4 Å². The lowest BCUT2D eigenvalue weighted by Gasteiger charge is -2.35. The zero-order chi connectivity index (χ0) is 27.4. The maximum atomic E-state index is 13.9. The van der Waals surface area contributed by atoms with Gasteiger partial charge < -0.3 is 14.6 Å². The number of hydrogen-bond donors (Lipinski definition) is 1. The number of benzene rings is 1. The summed E-state index contributed by atoms with van der Waals surface area (Å²) in [5.41, 5.74) is 3.54. The van der Waals surface area contributed by atoms with Gasteiger partial charge in [-0.1, -0.05) is 23.5 Å². The Kier molecular flexibility index (Phi) is 8.82. The molecule has 0 radical (unpaired) electrons. The number of rotatable bonds is 8. The maximum absolute atomic E-state index is 13.9. The molecule has 2 aliphatic carbocycles. The number of carbonyl (C=O) groups is 1. The van der Waals surface area contributed by atoms with Crippen molar-refractivity contribution >= 4 is 23.1 Å². The number of pyridine rings is 1. The topological polar surface area (TPSA) is 84.8 Å². The number of aliphatic hydroxyl groups is 1. The fourth-order valence-electron chi connectivity index (χ4n) is 6.14. The summed E-state index contributed by atoms with van der Waals surface area (Å²) in [5, 5.41) is 10.6. The van der Waals surface area contributed by atoms with Gasteiger partial charge in [0.2, 0.25) is 5.91 Å². The van der Waals surface area contributed by atoms with Gasteiger partial charge in [0, 0.05) is 24.9 Å². The first-order chi connectivity index (χ1) is 18.9. The zero-order valence-corrected chi connectivity index (χ0v) is 24.0. The smallest absolute Gasteiger partial charge is 0.273 e. The normalized spacial score (nSPS) is 23.3. The van der Waals surface area contributed by atoms with Gasteiger partial charge in [0.15, 0.2) is 0 Å². The lowest BCUT2D eigenvalue weighted by atomic mass is 9.78. The van der Waals surface area contributed by atoms with E-state index in [-0.39, 0.29) is 17.9 Å². The molecule has 208 valence electrons. The highest BCUT2D eigenvalue weighted by atomic mass is 32.1. The van der Waals surface area contributed by atoms with Crippen molar-refractivity contribution in [1.29, 1.82) is 0 Å². The number of nitrogens with zero attached hydrogens (tertiary/aromatic N) is 3. The average Bonchev–Trinajstić information content (AvgIpc) is 3.46. The number of anilines is 1. The molecule has 2 heterocycles. The van der Waals surface area contributed by atoms with Crippen molar-refractivity contribution in [2.24, 2.45) is 11.8 Å². The minimum atomic E-state index is -0.290. The van der Waals surface area contributed by atoms with E-state index in [1.54, 1.807) is 26.6 Å². The predicted molar refractivity (Wildman–Crippen MR) is 155 cm³/mol. The van der Waals surface area contributed by atoms with Crippen LogP contribution in [-0.2, 0) is 4.79 Å². The van der Waals surface area contributed by atoms with Crippen LogP contribution in [0, 0.1) is 18.8 Å². The number of carbonyl (C=O) groups excluding carboxylic acids is 1. The Morgan fingerprint density at radius 2 is 1.77 bits per heavy atom. The summed E-state index contributed by atoms with van der Waals surface area (Å²) in [4.78, 5) is 25.8.